The van der Waals surface area contributed by atoms with Crippen LogP contribution in [0.2, 0.25) is 0 Å². The molecule has 3 nitrogen and oxygen atoms in total. The molecule has 0 N–H and O–H groups in total. The summed E-state index contributed by atoms with van der Waals surface area (Å²) < 4.78 is 5.14. The molecule has 0 bridgehead atoms. The number of ketones is 1. The molecule has 0 radical (unpaired) electrons. The summed E-state index contributed by atoms with van der Waals surface area (Å²) in [5, 5.41) is 0. The highest BCUT2D eigenvalue weighted by molar-refractivity contribution is 5.95. The number of Topliss-reactive ketones (excluding diaryl/α,β-unsaturated/α-hetero) is 1. The Balaban J connectivity index is 1.59. The van der Waals surface area contributed by atoms with E-state index in [9.17, 15) is 4.79 Å². The van der Waals surface area contributed by atoms with Crippen LogP contribution in [0.25, 0.3) is 0 Å². The molecule has 3 rings (SSSR count). The Morgan fingerprint density at radius 3 is 2.75 bits per heavy atom. The van der Waals surface area contributed by atoms with E-state index in [1.54, 1.807) is 18.4 Å². The van der Waals surface area contributed by atoms with Gasteiger partial charge < -0.3 is 4.42 Å². The van der Waals surface area contributed by atoms with Gasteiger partial charge >= 0.3 is 0 Å². The lowest BCUT2D eigenvalue weighted by molar-refractivity contribution is 0.0893. The maximum atomic E-state index is 11.9. The van der Waals surface area contributed by atoms with Gasteiger partial charge in [-0.15, -0.1) is 0 Å². The van der Waals surface area contributed by atoms with Crippen molar-refractivity contribution in [2.45, 2.75) is 31.7 Å². The van der Waals surface area contributed by atoms with Gasteiger partial charge in [-0.2, -0.15) is 0 Å². The molecule has 2 saturated carbocycles. The van der Waals surface area contributed by atoms with Crippen LogP contribution in [0.1, 0.15) is 36.2 Å². The molecule has 0 aliphatic heterocycles. The van der Waals surface area contributed by atoms with Gasteiger partial charge in [0.05, 0.1) is 12.8 Å². The van der Waals surface area contributed by atoms with Crippen LogP contribution >= 0.6 is 0 Å². The predicted molar refractivity (Wildman–Crippen MR) is 60.4 cm³/mol. The van der Waals surface area contributed by atoms with Crippen LogP contribution in [0, 0.1) is 5.92 Å². The van der Waals surface area contributed by atoms with Crippen LogP contribution in [0.4, 0.5) is 0 Å². The summed E-state index contributed by atoms with van der Waals surface area (Å²) in [5.41, 5.74) is 0. The number of rotatable bonds is 6. The second-order valence-electron chi connectivity index (χ2n) is 5.00. The first kappa shape index (κ1) is 10.1. The zero-order valence-corrected chi connectivity index (χ0v) is 9.39. The monoisotopic (exact) mass is 219 g/mol. The fourth-order valence-corrected chi connectivity index (χ4v) is 2.11. The first-order valence-electron chi connectivity index (χ1n) is 6.13. The lowest BCUT2D eigenvalue weighted by atomic mass is 10.2. The molecule has 0 atom stereocenters. The Kier molecular flexibility index (Phi) is 2.56. The number of carbonyl (C=O) groups excluding carboxylic acids is 1. The van der Waals surface area contributed by atoms with Crippen molar-refractivity contribution in [3.63, 3.8) is 0 Å². The van der Waals surface area contributed by atoms with Crippen LogP contribution in [-0.4, -0.2) is 29.8 Å². The number of furan rings is 1. The average molecular weight is 219 g/mol. The molecule has 1 aromatic heterocycles. The Morgan fingerprint density at radius 1 is 1.38 bits per heavy atom. The standard InChI is InChI=1S/C13H17NO2/c15-12(13-2-1-7-16-13)9-14(11-5-6-11)8-10-3-4-10/h1-2,7,10-11H,3-6,8-9H2. The molecule has 2 aliphatic carbocycles. The summed E-state index contributed by atoms with van der Waals surface area (Å²) >= 11 is 0. The van der Waals surface area contributed by atoms with Gasteiger partial charge in [0.2, 0.25) is 5.78 Å². The van der Waals surface area contributed by atoms with Gasteiger partial charge in [0.1, 0.15) is 0 Å². The van der Waals surface area contributed by atoms with E-state index in [1.807, 2.05) is 0 Å². The summed E-state index contributed by atoms with van der Waals surface area (Å²) in [7, 11) is 0. The lowest BCUT2D eigenvalue weighted by Crippen LogP contribution is -2.33. The van der Waals surface area contributed by atoms with Gasteiger partial charge in [0.25, 0.3) is 0 Å². The largest absolute Gasteiger partial charge is 0.461 e. The van der Waals surface area contributed by atoms with E-state index in [2.05, 4.69) is 4.90 Å². The van der Waals surface area contributed by atoms with E-state index in [-0.39, 0.29) is 5.78 Å². The van der Waals surface area contributed by atoms with Gasteiger partial charge in [-0.1, -0.05) is 0 Å². The van der Waals surface area contributed by atoms with E-state index in [1.165, 1.54) is 25.7 Å². The summed E-state index contributed by atoms with van der Waals surface area (Å²) in [6.07, 6.45) is 6.78. The first-order chi connectivity index (χ1) is 7.83. The van der Waals surface area contributed by atoms with Crippen LogP contribution in [-0.2, 0) is 0 Å². The molecule has 86 valence electrons. The molecule has 2 aliphatic rings. The van der Waals surface area contributed by atoms with Crippen molar-refractivity contribution in [2.24, 2.45) is 5.92 Å². The van der Waals surface area contributed by atoms with Gasteiger partial charge in [-0.05, 0) is 43.7 Å². The van der Waals surface area contributed by atoms with E-state index in [4.69, 9.17) is 4.42 Å². The van der Waals surface area contributed by atoms with Crippen molar-refractivity contribution >= 4 is 5.78 Å². The van der Waals surface area contributed by atoms with Crippen molar-refractivity contribution in [3.8, 4) is 0 Å². The van der Waals surface area contributed by atoms with Crippen LogP contribution in [0.3, 0.4) is 0 Å². The number of hydrogen-bond acceptors (Lipinski definition) is 3. The van der Waals surface area contributed by atoms with Crippen molar-refractivity contribution in [3.05, 3.63) is 24.2 Å². The fraction of sp³-hybridized carbons (Fsp3) is 0.615. The molecular formula is C13H17NO2. The summed E-state index contributed by atoms with van der Waals surface area (Å²) in [6.45, 7) is 1.64. The molecule has 1 heterocycles. The third-order valence-corrected chi connectivity index (χ3v) is 3.40. The van der Waals surface area contributed by atoms with Crippen LogP contribution < -0.4 is 0 Å². The Hall–Kier alpha value is -1.09. The van der Waals surface area contributed by atoms with E-state index in [0.717, 1.165) is 12.5 Å². The maximum Gasteiger partial charge on any atom is 0.211 e. The molecule has 0 saturated heterocycles. The topological polar surface area (TPSA) is 33.5 Å². The minimum Gasteiger partial charge on any atom is -0.461 e. The Labute approximate surface area is 95.4 Å². The summed E-state index contributed by atoms with van der Waals surface area (Å²) in [4.78, 5) is 14.3. The predicted octanol–water partition coefficient (Wildman–Crippen LogP) is 2.34. The average Bonchev–Trinajstić information content (AvgIpc) is 3.18. The molecule has 0 spiro atoms. The zero-order valence-electron chi connectivity index (χ0n) is 9.39. The smallest absolute Gasteiger partial charge is 0.211 e. The number of carbonyl (C=O) groups is 1. The number of nitrogens with zero attached hydrogens (tertiary/aromatic N) is 1. The molecule has 0 aromatic carbocycles. The first-order valence-corrected chi connectivity index (χ1v) is 6.13. The summed E-state index contributed by atoms with van der Waals surface area (Å²) in [5.74, 6) is 1.48. The molecule has 1 aromatic rings. The van der Waals surface area contributed by atoms with Crippen LogP contribution in [0.15, 0.2) is 22.8 Å². The third-order valence-electron chi connectivity index (χ3n) is 3.40. The van der Waals surface area contributed by atoms with E-state index in [0.29, 0.717) is 18.3 Å². The second kappa shape index (κ2) is 4.06. The SMILES string of the molecule is O=C(CN(CC1CC1)C1CC1)c1ccco1. The highest BCUT2D eigenvalue weighted by Crippen LogP contribution is 2.34. The normalized spacial score (nSPS) is 20.3. The maximum absolute atomic E-state index is 11.9. The van der Waals surface area contributed by atoms with Crippen molar-refractivity contribution < 1.29 is 9.21 Å². The van der Waals surface area contributed by atoms with Crippen LogP contribution in [0.5, 0.6) is 0 Å². The third kappa shape index (κ3) is 2.35. The van der Waals surface area contributed by atoms with Gasteiger partial charge in [-0.25, -0.2) is 0 Å². The number of hydrogen-bond donors (Lipinski definition) is 0. The van der Waals surface area contributed by atoms with Gasteiger partial charge in [0.15, 0.2) is 5.76 Å². The van der Waals surface area contributed by atoms with E-state index < -0.39 is 0 Å². The molecule has 0 amide bonds. The Bertz CT molecular complexity index is 363. The second-order valence-corrected chi connectivity index (χ2v) is 5.00. The molecule has 0 unspecified atom stereocenters. The summed E-state index contributed by atoms with van der Waals surface area (Å²) in [6, 6.07) is 4.19. The molecule has 2 fully saturated rings. The Morgan fingerprint density at radius 2 is 2.19 bits per heavy atom. The zero-order chi connectivity index (χ0) is 11.0. The molecule has 16 heavy (non-hydrogen) atoms. The van der Waals surface area contributed by atoms with Gasteiger partial charge in [-0.3, -0.25) is 9.69 Å². The molecular weight excluding hydrogens is 202 g/mol. The minimum absolute atomic E-state index is 0.123. The molecule has 3 heteroatoms. The highest BCUT2D eigenvalue weighted by Gasteiger charge is 2.34. The minimum atomic E-state index is 0.123. The highest BCUT2D eigenvalue weighted by atomic mass is 16.3. The van der Waals surface area contributed by atoms with Crippen molar-refractivity contribution in [1.82, 2.24) is 4.90 Å². The van der Waals surface area contributed by atoms with Crippen molar-refractivity contribution in [1.29, 1.82) is 0 Å². The lowest BCUT2D eigenvalue weighted by Gasteiger charge is -2.20. The van der Waals surface area contributed by atoms with E-state index >= 15 is 0 Å². The fourth-order valence-electron chi connectivity index (χ4n) is 2.11. The van der Waals surface area contributed by atoms with Crippen molar-refractivity contribution in [2.75, 3.05) is 13.1 Å². The van der Waals surface area contributed by atoms with Gasteiger partial charge in [0, 0.05) is 12.6 Å². The quantitative estimate of drug-likeness (QED) is 0.688.